The number of hydrogen-bond donors (Lipinski definition) is 2. The molecule has 0 bridgehead atoms. The van der Waals surface area contributed by atoms with E-state index in [1.54, 1.807) is 6.20 Å². The number of aromatic amines is 1. The lowest BCUT2D eigenvalue weighted by atomic mass is 10.1. The molecule has 0 saturated heterocycles. The molecule has 2 aromatic rings. The van der Waals surface area contributed by atoms with E-state index in [9.17, 15) is 0 Å². The van der Waals surface area contributed by atoms with E-state index in [-0.39, 0.29) is 0 Å². The van der Waals surface area contributed by atoms with Crippen molar-refractivity contribution in [3.63, 3.8) is 0 Å². The van der Waals surface area contributed by atoms with E-state index < -0.39 is 0 Å². The Balaban J connectivity index is 2.11. The van der Waals surface area contributed by atoms with Crippen molar-refractivity contribution in [1.29, 1.82) is 5.26 Å². The van der Waals surface area contributed by atoms with Crippen LogP contribution in [0, 0.1) is 11.3 Å². The van der Waals surface area contributed by atoms with Crippen LogP contribution in [0.25, 0.3) is 0 Å². The minimum atomic E-state index is 0.473. The van der Waals surface area contributed by atoms with E-state index in [4.69, 9.17) is 11.0 Å². The number of rotatable bonds is 3. The number of nitrogens with two attached hydrogens (primary N) is 1. The Labute approximate surface area is 93.7 Å². The SMILES string of the molecule is N#Cc1ccc(Cc2ncc(CN)[nH]2)cc1. The van der Waals surface area contributed by atoms with Crippen LogP contribution in [0.4, 0.5) is 0 Å². The minimum absolute atomic E-state index is 0.473. The van der Waals surface area contributed by atoms with Crippen LogP contribution in [-0.4, -0.2) is 9.97 Å². The molecule has 16 heavy (non-hydrogen) atoms. The van der Waals surface area contributed by atoms with Gasteiger partial charge in [-0.25, -0.2) is 4.98 Å². The highest BCUT2D eigenvalue weighted by atomic mass is 14.9. The summed E-state index contributed by atoms with van der Waals surface area (Å²) in [4.78, 5) is 7.36. The molecule has 80 valence electrons. The Hall–Kier alpha value is -2.12. The number of hydrogen-bond acceptors (Lipinski definition) is 3. The van der Waals surface area contributed by atoms with Gasteiger partial charge in [-0.2, -0.15) is 5.26 Å². The lowest BCUT2D eigenvalue weighted by Crippen LogP contribution is -1.97. The molecule has 0 aliphatic heterocycles. The summed E-state index contributed by atoms with van der Waals surface area (Å²) < 4.78 is 0. The van der Waals surface area contributed by atoms with Gasteiger partial charge in [0.1, 0.15) is 5.82 Å². The second-order valence-electron chi connectivity index (χ2n) is 3.54. The van der Waals surface area contributed by atoms with Crippen molar-refractivity contribution in [3.05, 3.63) is 53.1 Å². The first-order chi connectivity index (χ1) is 7.81. The standard InChI is InChI=1S/C12H12N4/c13-6-10-3-1-9(2-4-10)5-12-15-8-11(7-14)16-12/h1-4,8H,5,7,14H2,(H,15,16). The monoisotopic (exact) mass is 212 g/mol. The molecule has 0 amide bonds. The zero-order chi connectivity index (χ0) is 11.4. The first kappa shape index (κ1) is 10.4. The third-order valence-electron chi connectivity index (χ3n) is 2.36. The molecule has 0 aliphatic rings. The topological polar surface area (TPSA) is 78.5 Å². The Morgan fingerprint density at radius 1 is 1.31 bits per heavy atom. The van der Waals surface area contributed by atoms with Gasteiger partial charge in [-0.3, -0.25) is 0 Å². The molecular formula is C12H12N4. The third-order valence-corrected chi connectivity index (χ3v) is 2.36. The second kappa shape index (κ2) is 4.60. The van der Waals surface area contributed by atoms with Crippen LogP contribution in [0.3, 0.4) is 0 Å². The average Bonchev–Trinajstić information content (AvgIpc) is 2.78. The predicted octanol–water partition coefficient (Wildman–Crippen LogP) is 1.33. The molecule has 0 radical (unpaired) electrons. The van der Waals surface area contributed by atoms with E-state index in [1.165, 1.54) is 0 Å². The fraction of sp³-hybridized carbons (Fsp3) is 0.167. The Bertz CT molecular complexity index is 505. The summed E-state index contributed by atoms with van der Waals surface area (Å²) in [5.74, 6) is 0.894. The molecule has 3 N–H and O–H groups in total. The number of aromatic nitrogens is 2. The molecule has 1 aromatic carbocycles. The highest BCUT2D eigenvalue weighted by molar-refractivity contribution is 5.32. The van der Waals surface area contributed by atoms with Crippen LogP contribution >= 0.6 is 0 Å². The number of nitriles is 1. The molecule has 4 heteroatoms. The maximum absolute atomic E-state index is 8.67. The summed E-state index contributed by atoms with van der Waals surface area (Å²) in [6.45, 7) is 0.473. The van der Waals surface area contributed by atoms with Gasteiger partial charge in [0, 0.05) is 24.9 Å². The van der Waals surface area contributed by atoms with E-state index in [2.05, 4.69) is 16.0 Å². The quantitative estimate of drug-likeness (QED) is 0.805. The third kappa shape index (κ3) is 2.27. The van der Waals surface area contributed by atoms with Gasteiger partial charge in [0.05, 0.1) is 11.6 Å². The molecular weight excluding hydrogens is 200 g/mol. The number of H-pyrrole nitrogens is 1. The predicted molar refractivity (Wildman–Crippen MR) is 60.4 cm³/mol. The summed E-state index contributed by atoms with van der Waals surface area (Å²) >= 11 is 0. The molecule has 0 saturated carbocycles. The summed E-state index contributed by atoms with van der Waals surface area (Å²) in [6, 6.07) is 9.57. The molecule has 0 aliphatic carbocycles. The van der Waals surface area contributed by atoms with Crippen LogP contribution in [0.1, 0.15) is 22.6 Å². The lowest BCUT2D eigenvalue weighted by molar-refractivity contribution is 0.968. The summed E-state index contributed by atoms with van der Waals surface area (Å²) in [7, 11) is 0. The van der Waals surface area contributed by atoms with Crippen molar-refractivity contribution in [3.8, 4) is 6.07 Å². The second-order valence-corrected chi connectivity index (χ2v) is 3.54. The molecule has 0 atom stereocenters. The zero-order valence-corrected chi connectivity index (χ0v) is 8.77. The van der Waals surface area contributed by atoms with Crippen molar-refractivity contribution >= 4 is 0 Å². The van der Waals surface area contributed by atoms with Crippen molar-refractivity contribution in [2.75, 3.05) is 0 Å². The number of benzene rings is 1. The Morgan fingerprint density at radius 2 is 2.06 bits per heavy atom. The smallest absolute Gasteiger partial charge is 0.110 e. The van der Waals surface area contributed by atoms with Crippen molar-refractivity contribution in [1.82, 2.24) is 9.97 Å². The van der Waals surface area contributed by atoms with Crippen LogP contribution in [-0.2, 0) is 13.0 Å². The average molecular weight is 212 g/mol. The maximum Gasteiger partial charge on any atom is 0.110 e. The van der Waals surface area contributed by atoms with Gasteiger partial charge in [0.25, 0.3) is 0 Å². The van der Waals surface area contributed by atoms with Crippen LogP contribution in [0.15, 0.2) is 30.5 Å². The van der Waals surface area contributed by atoms with Gasteiger partial charge in [-0.05, 0) is 17.7 Å². The van der Waals surface area contributed by atoms with Gasteiger partial charge in [-0.15, -0.1) is 0 Å². The molecule has 0 unspecified atom stereocenters. The largest absolute Gasteiger partial charge is 0.345 e. The van der Waals surface area contributed by atoms with Crippen LogP contribution in [0.2, 0.25) is 0 Å². The van der Waals surface area contributed by atoms with E-state index in [0.29, 0.717) is 12.1 Å². The van der Waals surface area contributed by atoms with Gasteiger partial charge in [0.2, 0.25) is 0 Å². The van der Waals surface area contributed by atoms with Crippen LogP contribution in [0.5, 0.6) is 0 Å². The van der Waals surface area contributed by atoms with Gasteiger partial charge in [-0.1, -0.05) is 12.1 Å². The van der Waals surface area contributed by atoms with E-state index >= 15 is 0 Å². The summed E-state index contributed by atoms with van der Waals surface area (Å²) in [5, 5.41) is 8.67. The molecule has 2 rings (SSSR count). The fourth-order valence-corrected chi connectivity index (χ4v) is 1.49. The first-order valence-electron chi connectivity index (χ1n) is 5.03. The number of nitrogens with one attached hydrogen (secondary N) is 1. The van der Waals surface area contributed by atoms with Crippen molar-refractivity contribution in [2.45, 2.75) is 13.0 Å². The summed E-state index contributed by atoms with van der Waals surface area (Å²) in [5.41, 5.74) is 8.22. The molecule has 4 nitrogen and oxygen atoms in total. The normalized spacial score (nSPS) is 10.0. The lowest BCUT2D eigenvalue weighted by Gasteiger charge is -1.98. The minimum Gasteiger partial charge on any atom is -0.345 e. The van der Waals surface area contributed by atoms with Gasteiger partial charge >= 0.3 is 0 Å². The fourth-order valence-electron chi connectivity index (χ4n) is 1.49. The van der Waals surface area contributed by atoms with E-state index in [1.807, 2.05) is 24.3 Å². The van der Waals surface area contributed by atoms with Crippen LogP contribution < -0.4 is 5.73 Å². The summed E-state index contributed by atoms with van der Waals surface area (Å²) in [6.07, 6.45) is 2.48. The Morgan fingerprint density at radius 3 is 2.62 bits per heavy atom. The van der Waals surface area contributed by atoms with Crippen molar-refractivity contribution in [2.24, 2.45) is 5.73 Å². The van der Waals surface area contributed by atoms with Gasteiger partial charge < -0.3 is 10.7 Å². The number of nitrogens with zero attached hydrogens (tertiary/aromatic N) is 2. The van der Waals surface area contributed by atoms with Crippen molar-refractivity contribution < 1.29 is 0 Å². The van der Waals surface area contributed by atoms with E-state index in [0.717, 1.165) is 23.5 Å². The molecule has 1 heterocycles. The maximum atomic E-state index is 8.67. The number of imidazole rings is 1. The molecule has 0 spiro atoms. The first-order valence-corrected chi connectivity index (χ1v) is 5.03. The molecule has 0 fully saturated rings. The van der Waals surface area contributed by atoms with Gasteiger partial charge in [0.15, 0.2) is 0 Å². The highest BCUT2D eigenvalue weighted by Gasteiger charge is 2.01. The molecule has 1 aromatic heterocycles. The highest BCUT2D eigenvalue weighted by Crippen LogP contribution is 2.08. The Kier molecular flexibility index (Phi) is 2.99. The zero-order valence-electron chi connectivity index (χ0n) is 8.77.